The Bertz CT molecular complexity index is 614. The lowest BCUT2D eigenvalue weighted by Crippen LogP contribution is -2.14. The van der Waals surface area contributed by atoms with Gasteiger partial charge >= 0.3 is 0 Å². The third kappa shape index (κ3) is 2.86. The Kier molecular flexibility index (Phi) is 4.04. The number of benzene rings is 1. The van der Waals surface area contributed by atoms with E-state index in [1.54, 1.807) is 12.4 Å². The lowest BCUT2D eigenvalue weighted by Gasteiger charge is -2.14. The first-order valence-corrected chi connectivity index (χ1v) is 6.10. The molecule has 0 fully saturated rings. The van der Waals surface area contributed by atoms with Crippen molar-refractivity contribution < 1.29 is 4.79 Å². The first-order chi connectivity index (χ1) is 9.24. The zero-order chi connectivity index (χ0) is 13.7. The van der Waals surface area contributed by atoms with Gasteiger partial charge in [0, 0.05) is 24.4 Å². The number of aryl methyl sites for hydroxylation is 1. The highest BCUT2D eigenvalue weighted by Gasteiger charge is 2.23. The van der Waals surface area contributed by atoms with E-state index in [1.165, 1.54) is 0 Å². The zero-order valence-electron chi connectivity index (χ0n) is 10.7. The molecule has 0 radical (unpaired) electrons. The molecule has 3 heteroatoms. The number of hydrogen-bond acceptors (Lipinski definition) is 3. The largest absolute Gasteiger partial charge is 0.293 e. The van der Waals surface area contributed by atoms with E-state index in [1.807, 2.05) is 43.3 Å². The maximum Gasteiger partial charge on any atom is 0.173 e. The third-order valence-corrected chi connectivity index (χ3v) is 3.12. The van der Waals surface area contributed by atoms with Gasteiger partial charge in [-0.2, -0.15) is 5.26 Å². The van der Waals surface area contributed by atoms with Crippen LogP contribution < -0.4 is 0 Å². The summed E-state index contributed by atoms with van der Waals surface area (Å²) in [7, 11) is 0. The van der Waals surface area contributed by atoms with Crippen molar-refractivity contribution in [3.05, 3.63) is 65.5 Å². The van der Waals surface area contributed by atoms with E-state index in [4.69, 9.17) is 5.26 Å². The number of carbonyl (C=O) groups excluding carboxylic acids is 1. The van der Waals surface area contributed by atoms with Gasteiger partial charge in [0.2, 0.25) is 0 Å². The maximum atomic E-state index is 12.6. The van der Waals surface area contributed by atoms with Crippen LogP contribution >= 0.6 is 0 Å². The molecular weight excluding hydrogens is 236 g/mol. The van der Waals surface area contributed by atoms with Crippen LogP contribution in [0.5, 0.6) is 0 Å². The Balaban J connectivity index is 2.39. The Hall–Kier alpha value is -2.47. The first-order valence-electron chi connectivity index (χ1n) is 6.10. The Morgan fingerprint density at radius 3 is 2.68 bits per heavy atom. The molecule has 1 heterocycles. The van der Waals surface area contributed by atoms with Crippen molar-refractivity contribution in [1.29, 1.82) is 5.26 Å². The van der Waals surface area contributed by atoms with Gasteiger partial charge in [-0.15, -0.1) is 0 Å². The molecule has 1 unspecified atom stereocenters. The highest BCUT2D eigenvalue weighted by atomic mass is 16.1. The summed E-state index contributed by atoms with van der Waals surface area (Å²) in [6.45, 7) is 1.88. The maximum absolute atomic E-state index is 12.6. The van der Waals surface area contributed by atoms with Gasteiger partial charge in [-0.05, 0) is 24.1 Å². The quantitative estimate of drug-likeness (QED) is 0.782. The summed E-state index contributed by atoms with van der Waals surface area (Å²) < 4.78 is 0. The van der Waals surface area contributed by atoms with E-state index < -0.39 is 5.92 Å². The summed E-state index contributed by atoms with van der Waals surface area (Å²) in [5, 5.41) is 8.95. The molecule has 0 aliphatic heterocycles. The monoisotopic (exact) mass is 250 g/mol. The van der Waals surface area contributed by atoms with Crippen LogP contribution in [-0.2, 0) is 0 Å². The average Bonchev–Trinajstić information content (AvgIpc) is 2.45. The molecule has 2 rings (SSSR count). The SMILES string of the molecule is Cc1ccncc1C(=O)C(CC#N)c1ccccc1. The van der Waals surface area contributed by atoms with Gasteiger partial charge in [-0.25, -0.2) is 0 Å². The molecule has 19 heavy (non-hydrogen) atoms. The number of aromatic nitrogens is 1. The van der Waals surface area contributed by atoms with Crippen molar-refractivity contribution >= 4 is 5.78 Å². The fourth-order valence-electron chi connectivity index (χ4n) is 2.05. The second-order valence-electron chi connectivity index (χ2n) is 4.38. The number of nitrogens with zero attached hydrogens (tertiary/aromatic N) is 2. The minimum Gasteiger partial charge on any atom is -0.293 e. The normalized spacial score (nSPS) is 11.6. The fraction of sp³-hybridized carbons (Fsp3) is 0.188. The minimum absolute atomic E-state index is 0.0432. The first kappa shape index (κ1) is 13.0. The molecule has 0 saturated carbocycles. The highest BCUT2D eigenvalue weighted by molar-refractivity contribution is 6.02. The molecule has 0 aliphatic carbocycles. The van der Waals surface area contributed by atoms with E-state index >= 15 is 0 Å². The molecule has 0 bridgehead atoms. The van der Waals surface area contributed by atoms with Gasteiger partial charge in [-0.1, -0.05) is 30.3 Å². The standard InChI is InChI=1S/C16H14N2O/c1-12-8-10-18-11-15(12)16(19)14(7-9-17)13-5-3-2-4-6-13/h2-6,8,10-11,14H,7H2,1H3. The van der Waals surface area contributed by atoms with E-state index in [0.717, 1.165) is 11.1 Å². The van der Waals surface area contributed by atoms with E-state index in [-0.39, 0.29) is 12.2 Å². The molecule has 1 atom stereocenters. The summed E-state index contributed by atoms with van der Waals surface area (Å²) in [5.41, 5.74) is 2.35. The smallest absolute Gasteiger partial charge is 0.173 e. The Morgan fingerprint density at radius 2 is 2.05 bits per heavy atom. The fourth-order valence-corrected chi connectivity index (χ4v) is 2.05. The van der Waals surface area contributed by atoms with Gasteiger partial charge in [0.25, 0.3) is 0 Å². The van der Waals surface area contributed by atoms with Crippen LogP contribution in [0.1, 0.15) is 33.8 Å². The molecule has 1 aromatic carbocycles. The van der Waals surface area contributed by atoms with Crippen molar-refractivity contribution in [2.75, 3.05) is 0 Å². The second kappa shape index (κ2) is 5.92. The van der Waals surface area contributed by atoms with Crippen molar-refractivity contribution in [2.24, 2.45) is 0 Å². The van der Waals surface area contributed by atoms with Gasteiger partial charge in [0.15, 0.2) is 5.78 Å². The number of hydrogen-bond donors (Lipinski definition) is 0. The molecule has 94 valence electrons. The van der Waals surface area contributed by atoms with Crippen LogP contribution in [0, 0.1) is 18.3 Å². The van der Waals surface area contributed by atoms with Crippen molar-refractivity contribution in [1.82, 2.24) is 4.98 Å². The molecule has 0 saturated heterocycles. The number of Topliss-reactive ketones (excluding diaryl/α,β-unsaturated/α-hetero) is 1. The molecule has 0 aliphatic rings. The second-order valence-corrected chi connectivity index (χ2v) is 4.38. The summed E-state index contributed by atoms with van der Waals surface area (Å²) >= 11 is 0. The van der Waals surface area contributed by atoms with E-state index in [9.17, 15) is 4.79 Å². The summed E-state index contributed by atoms with van der Waals surface area (Å²) in [6, 6.07) is 13.3. The lowest BCUT2D eigenvalue weighted by atomic mass is 9.88. The predicted molar refractivity (Wildman–Crippen MR) is 72.7 cm³/mol. The average molecular weight is 250 g/mol. The van der Waals surface area contributed by atoms with Crippen molar-refractivity contribution in [3.63, 3.8) is 0 Å². The topological polar surface area (TPSA) is 53.8 Å². The number of pyridine rings is 1. The number of nitriles is 1. The van der Waals surface area contributed by atoms with Crippen molar-refractivity contribution in [3.8, 4) is 6.07 Å². The van der Waals surface area contributed by atoms with Crippen LogP contribution in [0.3, 0.4) is 0 Å². The minimum atomic E-state index is -0.422. The molecule has 3 nitrogen and oxygen atoms in total. The van der Waals surface area contributed by atoms with Gasteiger partial charge < -0.3 is 0 Å². The van der Waals surface area contributed by atoms with Crippen LogP contribution in [0.4, 0.5) is 0 Å². The highest BCUT2D eigenvalue weighted by Crippen LogP contribution is 2.25. The van der Waals surface area contributed by atoms with Gasteiger partial charge in [0.05, 0.1) is 12.0 Å². The summed E-state index contributed by atoms with van der Waals surface area (Å²) in [5.74, 6) is -0.465. The zero-order valence-corrected chi connectivity index (χ0v) is 10.7. The van der Waals surface area contributed by atoms with Gasteiger partial charge in [-0.3, -0.25) is 9.78 Å². The van der Waals surface area contributed by atoms with Crippen LogP contribution in [0.25, 0.3) is 0 Å². The van der Waals surface area contributed by atoms with Crippen LogP contribution in [-0.4, -0.2) is 10.8 Å². The van der Waals surface area contributed by atoms with Crippen LogP contribution in [0.15, 0.2) is 48.8 Å². The lowest BCUT2D eigenvalue weighted by molar-refractivity contribution is 0.0959. The predicted octanol–water partition coefficient (Wildman–Crippen LogP) is 3.27. The summed E-state index contributed by atoms with van der Waals surface area (Å²) in [6.07, 6.45) is 3.41. The molecule has 0 spiro atoms. The molecule has 1 aromatic heterocycles. The molecular formula is C16H14N2O. The third-order valence-electron chi connectivity index (χ3n) is 3.12. The van der Waals surface area contributed by atoms with Crippen LogP contribution in [0.2, 0.25) is 0 Å². The number of carbonyl (C=O) groups is 1. The van der Waals surface area contributed by atoms with Crippen molar-refractivity contribution in [2.45, 2.75) is 19.3 Å². The number of rotatable bonds is 4. The summed E-state index contributed by atoms with van der Waals surface area (Å²) in [4.78, 5) is 16.6. The molecule has 0 amide bonds. The van der Waals surface area contributed by atoms with E-state index in [2.05, 4.69) is 11.1 Å². The van der Waals surface area contributed by atoms with Gasteiger partial charge in [0.1, 0.15) is 0 Å². The Morgan fingerprint density at radius 1 is 1.32 bits per heavy atom. The molecule has 0 N–H and O–H groups in total. The Labute approximate surface area is 112 Å². The van der Waals surface area contributed by atoms with E-state index in [0.29, 0.717) is 5.56 Å². The number of ketones is 1. The molecule has 2 aromatic rings.